The molecule has 0 saturated carbocycles. The van der Waals surface area contributed by atoms with E-state index in [4.69, 9.17) is 9.47 Å². The second kappa shape index (κ2) is 2.47. The molecule has 0 aliphatic carbocycles. The van der Waals surface area contributed by atoms with Gasteiger partial charge >= 0.3 is 0 Å². The molecule has 0 amide bonds. The Kier molecular flexibility index (Phi) is 1.61. The van der Waals surface area contributed by atoms with E-state index in [1.165, 1.54) is 5.06 Å². The zero-order valence-electron chi connectivity index (χ0n) is 5.69. The number of fused-ring (bicyclic) bond motifs is 2. The molecule has 2 rings (SSSR count). The van der Waals surface area contributed by atoms with Gasteiger partial charge in [0.15, 0.2) is 6.23 Å². The van der Waals surface area contributed by atoms with Crippen molar-refractivity contribution in [1.29, 1.82) is 0 Å². The zero-order valence-corrected chi connectivity index (χ0v) is 5.69. The molecule has 2 aliphatic heterocycles. The van der Waals surface area contributed by atoms with Gasteiger partial charge in [-0.05, 0) is 6.42 Å². The lowest BCUT2D eigenvalue weighted by atomic mass is 10.1. The SMILES string of the molecule is ON1C2CCOC1COC2. The lowest BCUT2D eigenvalue weighted by Crippen LogP contribution is -2.55. The maximum Gasteiger partial charge on any atom is 0.156 e. The second-order valence-corrected chi connectivity index (χ2v) is 2.69. The van der Waals surface area contributed by atoms with E-state index < -0.39 is 0 Å². The monoisotopic (exact) mass is 145 g/mol. The van der Waals surface area contributed by atoms with E-state index in [2.05, 4.69) is 0 Å². The van der Waals surface area contributed by atoms with E-state index in [1.807, 2.05) is 0 Å². The van der Waals surface area contributed by atoms with E-state index in [0.717, 1.165) is 13.0 Å². The summed E-state index contributed by atoms with van der Waals surface area (Å²) < 4.78 is 10.4. The van der Waals surface area contributed by atoms with Crippen molar-refractivity contribution in [3.8, 4) is 0 Å². The Morgan fingerprint density at radius 1 is 1.40 bits per heavy atom. The standard InChI is InChI=1S/C6H11NO3/c8-7-5-1-2-10-6(7)4-9-3-5/h5-6,8H,1-4H2. The number of nitrogens with zero attached hydrogens (tertiary/aromatic N) is 1. The Bertz CT molecular complexity index is 108. The average molecular weight is 145 g/mol. The van der Waals surface area contributed by atoms with E-state index in [-0.39, 0.29) is 12.3 Å². The van der Waals surface area contributed by atoms with Crippen LogP contribution in [0.5, 0.6) is 0 Å². The Balaban J connectivity index is 2.05. The summed E-state index contributed by atoms with van der Waals surface area (Å²) in [5, 5.41) is 10.6. The summed E-state index contributed by atoms with van der Waals surface area (Å²) in [4.78, 5) is 0. The summed E-state index contributed by atoms with van der Waals surface area (Å²) in [5.74, 6) is 0. The van der Waals surface area contributed by atoms with Crippen LogP contribution in [-0.4, -0.2) is 42.4 Å². The lowest BCUT2D eigenvalue weighted by molar-refractivity contribution is -0.311. The first-order valence-electron chi connectivity index (χ1n) is 3.54. The minimum atomic E-state index is -0.215. The molecule has 2 bridgehead atoms. The van der Waals surface area contributed by atoms with E-state index in [1.54, 1.807) is 0 Å². The van der Waals surface area contributed by atoms with Gasteiger partial charge in [-0.15, -0.1) is 0 Å². The smallest absolute Gasteiger partial charge is 0.156 e. The fourth-order valence-corrected chi connectivity index (χ4v) is 1.37. The van der Waals surface area contributed by atoms with Crippen molar-refractivity contribution in [3.05, 3.63) is 0 Å². The van der Waals surface area contributed by atoms with Gasteiger partial charge in [-0.3, -0.25) is 0 Å². The summed E-state index contributed by atoms with van der Waals surface area (Å²) in [6, 6.07) is 0.160. The predicted molar refractivity (Wildman–Crippen MR) is 32.6 cm³/mol. The van der Waals surface area contributed by atoms with Crippen LogP contribution in [-0.2, 0) is 9.47 Å². The van der Waals surface area contributed by atoms with Crippen LogP contribution in [0.3, 0.4) is 0 Å². The normalized spacial score (nSPS) is 41.7. The van der Waals surface area contributed by atoms with Crippen molar-refractivity contribution in [1.82, 2.24) is 5.06 Å². The first-order chi connectivity index (χ1) is 4.88. The van der Waals surface area contributed by atoms with Crippen molar-refractivity contribution in [3.63, 3.8) is 0 Å². The minimum absolute atomic E-state index is 0.160. The third-order valence-electron chi connectivity index (χ3n) is 2.00. The fraction of sp³-hybridized carbons (Fsp3) is 1.00. The van der Waals surface area contributed by atoms with Gasteiger partial charge < -0.3 is 14.7 Å². The van der Waals surface area contributed by atoms with Gasteiger partial charge in [0.1, 0.15) is 0 Å². The molecule has 2 fully saturated rings. The highest BCUT2D eigenvalue weighted by molar-refractivity contribution is 4.75. The maximum atomic E-state index is 9.32. The quantitative estimate of drug-likeness (QED) is 0.513. The van der Waals surface area contributed by atoms with Crippen molar-refractivity contribution in [2.24, 2.45) is 0 Å². The summed E-state index contributed by atoms with van der Waals surface area (Å²) in [6.07, 6.45) is 0.653. The highest BCUT2D eigenvalue weighted by Gasteiger charge is 2.34. The topological polar surface area (TPSA) is 41.9 Å². The van der Waals surface area contributed by atoms with Crippen molar-refractivity contribution >= 4 is 0 Å². The second-order valence-electron chi connectivity index (χ2n) is 2.69. The first kappa shape index (κ1) is 6.54. The van der Waals surface area contributed by atoms with Crippen LogP contribution >= 0.6 is 0 Å². The molecule has 2 aliphatic rings. The predicted octanol–water partition coefficient (Wildman–Crippen LogP) is -0.177. The van der Waals surface area contributed by atoms with Gasteiger partial charge in [-0.2, -0.15) is 5.06 Å². The molecule has 2 unspecified atom stereocenters. The van der Waals surface area contributed by atoms with Crippen LogP contribution in [0.4, 0.5) is 0 Å². The summed E-state index contributed by atoms with van der Waals surface area (Å²) in [6.45, 7) is 1.87. The highest BCUT2D eigenvalue weighted by Crippen LogP contribution is 2.19. The van der Waals surface area contributed by atoms with Crippen LogP contribution in [0.25, 0.3) is 0 Å². The lowest BCUT2D eigenvalue weighted by Gasteiger charge is -2.40. The van der Waals surface area contributed by atoms with Crippen LogP contribution in [0, 0.1) is 0 Å². The average Bonchev–Trinajstić information content (AvgIpc) is 1.86. The molecule has 2 atom stereocenters. The van der Waals surface area contributed by atoms with Gasteiger partial charge in [0.25, 0.3) is 0 Å². The van der Waals surface area contributed by atoms with Gasteiger partial charge in [0.2, 0.25) is 0 Å². The molecule has 1 N–H and O–H groups in total. The Labute approximate surface area is 59.3 Å². The maximum absolute atomic E-state index is 9.32. The van der Waals surface area contributed by atoms with E-state index in [9.17, 15) is 5.21 Å². The fourth-order valence-electron chi connectivity index (χ4n) is 1.37. The summed E-state index contributed by atoms with van der Waals surface area (Å²) in [5.41, 5.74) is 0. The minimum Gasteiger partial charge on any atom is -0.376 e. The van der Waals surface area contributed by atoms with Crippen molar-refractivity contribution < 1.29 is 14.7 Å². The largest absolute Gasteiger partial charge is 0.376 e. The molecule has 0 spiro atoms. The molecule has 0 aromatic heterocycles. The Morgan fingerprint density at radius 3 is 3.00 bits per heavy atom. The number of morpholine rings is 1. The molecular weight excluding hydrogens is 134 g/mol. The van der Waals surface area contributed by atoms with Gasteiger partial charge in [0.05, 0.1) is 25.9 Å². The van der Waals surface area contributed by atoms with E-state index >= 15 is 0 Å². The third-order valence-corrected chi connectivity index (χ3v) is 2.00. The van der Waals surface area contributed by atoms with Crippen LogP contribution in [0.1, 0.15) is 6.42 Å². The third kappa shape index (κ3) is 0.932. The van der Waals surface area contributed by atoms with E-state index in [0.29, 0.717) is 13.2 Å². The van der Waals surface area contributed by atoms with Gasteiger partial charge in [-0.25, -0.2) is 0 Å². The van der Waals surface area contributed by atoms with Crippen molar-refractivity contribution in [2.75, 3.05) is 19.8 Å². The zero-order chi connectivity index (χ0) is 6.97. The highest BCUT2D eigenvalue weighted by atomic mass is 16.6. The van der Waals surface area contributed by atoms with Crippen molar-refractivity contribution in [2.45, 2.75) is 18.7 Å². The summed E-state index contributed by atoms with van der Waals surface area (Å²) in [7, 11) is 0. The summed E-state index contributed by atoms with van der Waals surface area (Å²) >= 11 is 0. The molecule has 2 saturated heterocycles. The van der Waals surface area contributed by atoms with Crippen LogP contribution < -0.4 is 0 Å². The number of ether oxygens (including phenoxy) is 2. The molecular formula is C6H11NO3. The van der Waals surface area contributed by atoms with Crippen LogP contribution in [0.15, 0.2) is 0 Å². The molecule has 4 nitrogen and oxygen atoms in total. The van der Waals surface area contributed by atoms with Crippen LogP contribution in [0.2, 0.25) is 0 Å². The Hall–Kier alpha value is -0.160. The number of hydrogen-bond donors (Lipinski definition) is 1. The molecule has 58 valence electrons. The number of hydroxylamine groups is 2. The Morgan fingerprint density at radius 2 is 2.30 bits per heavy atom. The molecule has 0 aromatic rings. The van der Waals surface area contributed by atoms with Gasteiger partial charge in [0, 0.05) is 0 Å². The number of hydrogen-bond acceptors (Lipinski definition) is 4. The first-order valence-corrected chi connectivity index (χ1v) is 3.54. The molecule has 4 heteroatoms. The van der Waals surface area contributed by atoms with Gasteiger partial charge in [-0.1, -0.05) is 0 Å². The molecule has 0 radical (unpaired) electrons. The molecule has 2 heterocycles. The molecule has 10 heavy (non-hydrogen) atoms. The number of rotatable bonds is 0. The molecule has 0 aromatic carbocycles.